The van der Waals surface area contributed by atoms with Crippen molar-refractivity contribution in [2.45, 2.75) is 19.8 Å². The lowest BCUT2D eigenvalue weighted by molar-refractivity contribution is -0.144. The zero-order valence-electron chi connectivity index (χ0n) is 8.27. The van der Waals surface area contributed by atoms with Gasteiger partial charge >= 0.3 is 5.97 Å². The molecule has 0 bridgehead atoms. The van der Waals surface area contributed by atoms with Gasteiger partial charge in [-0.1, -0.05) is 6.08 Å². The highest BCUT2D eigenvalue weighted by molar-refractivity contribution is 5.88. The molecule has 4 heteroatoms. The highest BCUT2D eigenvalue weighted by Crippen LogP contribution is 2.16. The standard InChI is InChI=1S/C10H15NO3/c1-2-4-9(12)11-6-3-5-8(7-11)10(13)14/h2,4,8H,3,5-7H2,1H3,(H,13,14)/b4-2+/t8-/m1/s1. The van der Waals surface area contributed by atoms with Gasteiger partial charge in [0.1, 0.15) is 0 Å². The van der Waals surface area contributed by atoms with E-state index in [1.54, 1.807) is 17.9 Å². The molecule has 1 heterocycles. The number of allylic oxidation sites excluding steroid dienone is 1. The van der Waals surface area contributed by atoms with E-state index in [9.17, 15) is 9.59 Å². The minimum absolute atomic E-state index is 0.0848. The fraction of sp³-hybridized carbons (Fsp3) is 0.600. The molecule has 0 radical (unpaired) electrons. The van der Waals surface area contributed by atoms with Crippen molar-refractivity contribution in [3.05, 3.63) is 12.2 Å². The first-order chi connectivity index (χ1) is 6.65. The maximum atomic E-state index is 11.4. The lowest BCUT2D eigenvalue weighted by atomic mass is 9.98. The number of aliphatic carboxylic acids is 1. The SMILES string of the molecule is C/C=C/C(=O)N1CCC[C@@H](C(=O)O)C1. The third-order valence-electron chi connectivity index (χ3n) is 2.39. The molecule has 0 unspecified atom stereocenters. The summed E-state index contributed by atoms with van der Waals surface area (Å²) >= 11 is 0. The molecule has 0 saturated carbocycles. The van der Waals surface area contributed by atoms with Crippen LogP contribution in [0.5, 0.6) is 0 Å². The van der Waals surface area contributed by atoms with E-state index in [1.165, 1.54) is 6.08 Å². The molecule has 0 aromatic heterocycles. The summed E-state index contributed by atoms with van der Waals surface area (Å²) in [5, 5.41) is 8.81. The lowest BCUT2D eigenvalue weighted by Crippen LogP contribution is -2.41. The number of rotatable bonds is 2. The number of carbonyl (C=O) groups excluding carboxylic acids is 1. The average Bonchev–Trinajstić information content (AvgIpc) is 2.18. The maximum absolute atomic E-state index is 11.4. The monoisotopic (exact) mass is 197 g/mol. The Balaban J connectivity index is 2.55. The molecule has 0 aromatic carbocycles. The van der Waals surface area contributed by atoms with Crippen molar-refractivity contribution in [1.29, 1.82) is 0 Å². The number of hydrogen-bond donors (Lipinski definition) is 1. The minimum atomic E-state index is -0.803. The molecular weight excluding hydrogens is 182 g/mol. The van der Waals surface area contributed by atoms with Crippen molar-refractivity contribution in [2.24, 2.45) is 5.92 Å². The van der Waals surface area contributed by atoms with Gasteiger partial charge in [-0.15, -0.1) is 0 Å². The molecule has 4 nitrogen and oxygen atoms in total. The summed E-state index contributed by atoms with van der Waals surface area (Å²) in [7, 11) is 0. The molecule has 14 heavy (non-hydrogen) atoms. The Labute approximate surface area is 83.2 Å². The van der Waals surface area contributed by atoms with Gasteiger partial charge < -0.3 is 10.0 Å². The molecule has 0 aliphatic carbocycles. The summed E-state index contributed by atoms with van der Waals surface area (Å²) in [6, 6.07) is 0. The summed E-state index contributed by atoms with van der Waals surface area (Å²) in [5.74, 6) is -1.28. The molecule has 1 amide bonds. The number of carbonyl (C=O) groups is 2. The average molecular weight is 197 g/mol. The molecule has 0 aromatic rings. The predicted octanol–water partition coefficient (Wildman–Crippen LogP) is 0.886. The molecule has 1 saturated heterocycles. The first-order valence-electron chi connectivity index (χ1n) is 4.79. The van der Waals surface area contributed by atoms with Gasteiger partial charge in [-0.3, -0.25) is 9.59 Å². The Hall–Kier alpha value is -1.32. The largest absolute Gasteiger partial charge is 0.481 e. The van der Waals surface area contributed by atoms with Gasteiger partial charge in [0.05, 0.1) is 5.92 Å². The van der Waals surface area contributed by atoms with E-state index in [1.807, 2.05) is 0 Å². The fourth-order valence-electron chi connectivity index (χ4n) is 1.63. The van der Waals surface area contributed by atoms with Crippen LogP contribution < -0.4 is 0 Å². The van der Waals surface area contributed by atoms with Crippen molar-refractivity contribution in [3.63, 3.8) is 0 Å². The van der Waals surface area contributed by atoms with Crippen LogP contribution in [-0.4, -0.2) is 35.0 Å². The van der Waals surface area contributed by atoms with Crippen LogP contribution in [0.2, 0.25) is 0 Å². The van der Waals surface area contributed by atoms with Crippen LogP contribution in [0.15, 0.2) is 12.2 Å². The molecule has 1 atom stereocenters. The van der Waals surface area contributed by atoms with Crippen molar-refractivity contribution < 1.29 is 14.7 Å². The van der Waals surface area contributed by atoms with Gasteiger partial charge in [0.2, 0.25) is 5.91 Å². The van der Waals surface area contributed by atoms with Crippen molar-refractivity contribution >= 4 is 11.9 Å². The summed E-state index contributed by atoms with van der Waals surface area (Å²) in [5.41, 5.74) is 0. The molecule has 1 rings (SSSR count). The Morgan fingerprint density at radius 3 is 2.79 bits per heavy atom. The molecular formula is C10H15NO3. The topological polar surface area (TPSA) is 57.6 Å². The van der Waals surface area contributed by atoms with Crippen LogP contribution in [0.3, 0.4) is 0 Å². The summed E-state index contributed by atoms with van der Waals surface area (Å²) in [6.07, 6.45) is 4.60. The van der Waals surface area contributed by atoms with Crippen LogP contribution >= 0.6 is 0 Å². The Morgan fingerprint density at radius 2 is 2.21 bits per heavy atom. The van der Waals surface area contributed by atoms with E-state index >= 15 is 0 Å². The van der Waals surface area contributed by atoms with E-state index in [4.69, 9.17) is 5.11 Å². The van der Waals surface area contributed by atoms with Gasteiger partial charge in [-0.25, -0.2) is 0 Å². The quantitative estimate of drug-likeness (QED) is 0.669. The van der Waals surface area contributed by atoms with Crippen LogP contribution in [0.1, 0.15) is 19.8 Å². The van der Waals surface area contributed by atoms with Gasteiger partial charge in [0, 0.05) is 13.1 Å². The zero-order chi connectivity index (χ0) is 10.6. The number of likely N-dealkylation sites (tertiary alicyclic amines) is 1. The van der Waals surface area contributed by atoms with Gasteiger partial charge in [0.25, 0.3) is 0 Å². The normalized spacial score (nSPS) is 22.6. The van der Waals surface area contributed by atoms with Gasteiger partial charge in [0.15, 0.2) is 0 Å². The number of carboxylic acid groups (broad SMARTS) is 1. The smallest absolute Gasteiger partial charge is 0.308 e. The summed E-state index contributed by atoms with van der Waals surface area (Å²) in [6.45, 7) is 2.79. The molecule has 78 valence electrons. The molecule has 1 aliphatic heterocycles. The number of nitrogens with zero attached hydrogens (tertiary/aromatic N) is 1. The number of amides is 1. The number of carboxylic acids is 1. The van der Waals surface area contributed by atoms with Gasteiger partial charge in [-0.2, -0.15) is 0 Å². The highest BCUT2D eigenvalue weighted by atomic mass is 16.4. The van der Waals surface area contributed by atoms with Crippen molar-refractivity contribution in [1.82, 2.24) is 4.90 Å². The first-order valence-corrected chi connectivity index (χ1v) is 4.79. The van der Waals surface area contributed by atoms with E-state index in [2.05, 4.69) is 0 Å². The van der Waals surface area contributed by atoms with Crippen molar-refractivity contribution in [2.75, 3.05) is 13.1 Å². The minimum Gasteiger partial charge on any atom is -0.481 e. The zero-order valence-corrected chi connectivity index (χ0v) is 8.27. The van der Waals surface area contributed by atoms with Crippen LogP contribution in [0.4, 0.5) is 0 Å². The second-order valence-electron chi connectivity index (χ2n) is 3.46. The Bertz CT molecular complexity index is 260. The van der Waals surface area contributed by atoms with Gasteiger partial charge in [-0.05, 0) is 25.8 Å². The molecule has 1 N–H and O–H groups in total. The van der Waals surface area contributed by atoms with Crippen LogP contribution in [-0.2, 0) is 9.59 Å². The van der Waals surface area contributed by atoms with E-state index in [-0.39, 0.29) is 5.91 Å². The number of piperidine rings is 1. The van der Waals surface area contributed by atoms with E-state index < -0.39 is 11.9 Å². The van der Waals surface area contributed by atoms with E-state index in [0.29, 0.717) is 19.5 Å². The second-order valence-corrected chi connectivity index (χ2v) is 3.46. The molecule has 1 aliphatic rings. The second kappa shape index (κ2) is 4.79. The third kappa shape index (κ3) is 2.58. The summed E-state index contributed by atoms with van der Waals surface area (Å²) < 4.78 is 0. The highest BCUT2D eigenvalue weighted by Gasteiger charge is 2.26. The Morgan fingerprint density at radius 1 is 1.50 bits per heavy atom. The predicted molar refractivity (Wildman–Crippen MR) is 51.8 cm³/mol. The fourth-order valence-corrected chi connectivity index (χ4v) is 1.63. The molecule has 1 fully saturated rings. The lowest BCUT2D eigenvalue weighted by Gasteiger charge is -2.29. The van der Waals surface area contributed by atoms with Crippen LogP contribution in [0, 0.1) is 5.92 Å². The summed E-state index contributed by atoms with van der Waals surface area (Å²) in [4.78, 5) is 23.7. The first kappa shape index (κ1) is 10.8. The van der Waals surface area contributed by atoms with Crippen molar-refractivity contribution in [3.8, 4) is 0 Å². The Kier molecular flexibility index (Phi) is 3.68. The molecule has 0 spiro atoms. The maximum Gasteiger partial charge on any atom is 0.308 e. The van der Waals surface area contributed by atoms with E-state index in [0.717, 1.165) is 6.42 Å². The third-order valence-corrected chi connectivity index (χ3v) is 2.39. The number of hydrogen-bond acceptors (Lipinski definition) is 2. The van der Waals surface area contributed by atoms with Crippen LogP contribution in [0.25, 0.3) is 0 Å².